The van der Waals surface area contributed by atoms with E-state index in [1.807, 2.05) is 32.9 Å². The van der Waals surface area contributed by atoms with Crippen LogP contribution in [-0.4, -0.2) is 76.2 Å². The number of fused-ring (bicyclic) bond motifs is 1. The SMILES string of the molecule is C=CCN(C(=O)C1N([C@@H](CO)[C@@H](C)CC)C(=O)[C@@H]2[C@H](C(=O)OCC)[C@H]3OC12CC3Br)c1c(C)cccc1Cl. The molecule has 2 amide bonds. The molecule has 1 aromatic carbocycles. The number of carbonyl (C=O) groups excluding carboxylic acids is 3. The number of aliphatic hydroxyl groups is 1. The van der Waals surface area contributed by atoms with Gasteiger partial charge in [-0.1, -0.05) is 66.0 Å². The number of nitrogens with zero attached hydrogens (tertiary/aromatic N) is 2. The summed E-state index contributed by atoms with van der Waals surface area (Å²) in [5, 5.41) is 10.9. The van der Waals surface area contributed by atoms with Crippen molar-refractivity contribution in [3.63, 3.8) is 0 Å². The fraction of sp³-hybridized carbons (Fsp3) is 0.607. The molecule has 1 spiro atoms. The van der Waals surface area contributed by atoms with E-state index in [2.05, 4.69) is 22.5 Å². The van der Waals surface area contributed by atoms with E-state index in [-0.39, 0.29) is 42.3 Å². The molecule has 1 aromatic rings. The molecule has 8 nitrogen and oxygen atoms in total. The highest BCUT2D eigenvalue weighted by Gasteiger charge is 2.77. The van der Waals surface area contributed by atoms with Gasteiger partial charge in [-0.3, -0.25) is 14.4 Å². The van der Waals surface area contributed by atoms with Crippen molar-refractivity contribution in [1.82, 2.24) is 4.90 Å². The van der Waals surface area contributed by atoms with E-state index >= 15 is 0 Å². The lowest BCUT2D eigenvalue weighted by atomic mass is 9.70. The first kappa shape index (κ1) is 29.1. The molecule has 3 aliphatic rings. The number of hydrogen-bond acceptors (Lipinski definition) is 6. The van der Waals surface area contributed by atoms with E-state index in [1.54, 1.807) is 19.1 Å². The van der Waals surface area contributed by atoms with E-state index < -0.39 is 41.6 Å². The topological polar surface area (TPSA) is 96.4 Å². The van der Waals surface area contributed by atoms with E-state index in [0.717, 1.165) is 5.56 Å². The van der Waals surface area contributed by atoms with E-state index in [1.165, 1.54) is 9.80 Å². The van der Waals surface area contributed by atoms with Gasteiger partial charge in [-0.2, -0.15) is 0 Å². The summed E-state index contributed by atoms with van der Waals surface area (Å²) in [5.74, 6) is -3.12. The summed E-state index contributed by atoms with van der Waals surface area (Å²) in [5.41, 5.74) is 0.0535. The molecule has 0 aliphatic carbocycles. The van der Waals surface area contributed by atoms with Crippen LogP contribution in [0.3, 0.4) is 0 Å². The summed E-state index contributed by atoms with van der Waals surface area (Å²) in [6.07, 6.45) is 2.04. The average molecular weight is 612 g/mol. The quantitative estimate of drug-likeness (QED) is 0.245. The van der Waals surface area contributed by atoms with Crippen LogP contribution in [0.1, 0.15) is 39.2 Å². The molecule has 10 heteroatoms. The van der Waals surface area contributed by atoms with Crippen LogP contribution in [0.5, 0.6) is 0 Å². The standard InChI is InChI=1S/C28H36BrClN2O6/c1-6-12-31(22-16(5)10-9-11-18(22)30)26(35)24-28-13-17(29)23(38-28)20(27(36)37-8-3)21(28)25(34)32(24)19(14-33)15(4)7-2/h6,9-11,15,17,19-21,23-24,33H,1,7-8,12-14H2,2-5H3/t15-,17?,19-,20-,21-,23-,24?,28?/m0/s1. The van der Waals surface area contributed by atoms with Gasteiger partial charge in [0.15, 0.2) is 0 Å². The third-order valence-electron chi connectivity index (χ3n) is 8.40. The van der Waals surface area contributed by atoms with Crippen LogP contribution in [0.4, 0.5) is 5.69 Å². The van der Waals surface area contributed by atoms with Gasteiger partial charge in [0.05, 0.1) is 47.9 Å². The van der Waals surface area contributed by atoms with Crippen molar-refractivity contribution in [1.29, 1.82) is 0 Å². The second-order valence-electron chi connectivity index (χ2n) is 10.4. The fourth-order valence-electron chi connectivity index (χ4n) is 6.56. The highest BCUT2D eigenvalue weighted by Crippen LogP contribution is 2.61. The van der Waals surface area contributed by atoms with Gasteiger partial charge in [-0.25, -0.2) is 0 Å². The third kappa shape index (κ3) is 4.39. The molecule has 3 aliphatic heterocycles. The number of aryl methyl sites for hydroxylation is 1. The van der Waals surface area contributed by atoms with Gasteiger partial charge in [0.25, 0.3) is 5.91 Å². The number of ether oxygens (including phenoxy) is 2. The van der Waals surface area contributed by atoms with Crippen molar-refractivity contribution in [2.24, 2.45) is 17.8 Å². The number of alkyl halides is 1. The maximum absolute atomic E-state index is 14.7. The lowest BCUT2D eigenvalue weighted by Gasteiger charge is -2.41. The van der Waals surface area contributed by atoms with Crippen molar-refractivity contribution in [3.8, 4) is 0 Å². The fourth-order valence-corrected chi connectivity index (χ4v) is 7.83. The predicted molar refractivity (Wildman–Crippen MR) is 148 cm³/mol. The molecule has 3 unspecified atom stereocenters. The minimum absolute atomic E-state index is 0.109. The molecule has 0 aromatic heterocycles. The Morgan fingerprint density at radius 2 is 2.13 bits per heavy atom. The van der Waals surface area contributed by atoms with Crippen molar-refractivity contribution in [3.05, 3.63) is 41.4 Å². The van der Waals surface area contributed by atoms with Gasteiger partial charge in [0.2, 0.25) is 5.91 Å². The van der Waals surface area contributed by atoms with Crippen LogP contribution in [-0.2, 0) is 23.9 Å². The second-order valence-corrected chi connectivity index (χ2v) is 12.0. The molecule has 3 saturated heterocycles. The molecule has 1 N–H and O–H groups in total. The Hall–Kier alpha value is -1.94. The Balaban J connectivity index is 1.90. The van der Waals surface area contributed by atoms with Crippen molar-refractivity contribution >= 4 is 51.0 Å². The number of carbonyl (C=O) groups is 3. The molecule has 2 bridgehead atoms. The Labute approximate surface area is 237 Å². The number of aliphatic hydroxyl groups excluding tert-OH is 1. The van der Waals surface area contributed by atoms with Crippen molar-refractivity contribution in [2.45, 2.75) is 69.2 Å². The molecular formula is C28H36BrClN2O6. The van der Waals surface area contributed by atoms with Gasteiger partial charge in [-0.15, -0.1) is 6.58 Å². The smallest absolute Gasteiger partial charge is 0.312 e. The molecule has 0 saturated carbocycles. The van der Waals surface area contributed by atoms with Gasteiger partial charge in [-0.05, 0) is 37.8 Å². The highest BCUT2D eigenvalue weighted by atomic mass is 79.9. The lowest BCUT2D eigenvalue weighted by Crippen LogP contribution is -2.60. The summed E-state index contributed by atoms with van der Waals surface area (Å²) in [6, 6.07) is 3.67. The van der Waals surface area contributed by atoms with Crippen LogP contribution in [0.2, 0.25) is 5.02 Å². The van der Waals surface area contributed by atoms with E-state index in [4.69, 9.17) is 21.1 Å². The number of para-hydroxylation sites is 1. The molecule has 4 rings (SSSR count). The molecule has 3 heterocycles. The number of halogens is 2. The Kier molecular flexibility index (Phi) is 8.62. The van der Waals surface area contributed by atoms with Gasteiger partial charge < -0.3 is 24.4 Å². The second kappa shape index (κ2) is 11.3. The number of likely N-dealkylation sites (tertiary alicyclic amines) is 1. The van der Waals surface area contributed by atoms with E-state index in [9.17, 15) is 19.5 Å². The molecule has 208 valence electrons. The molecule has 3 fully saturated rings. The Morgan fingerprint density at radius 1 is 1.42 bits per heavy atom. The van der Waals surface area contributed by atoms with E-state index in [0.29, 0.717) is 23.6 Å². The largest absolute Gasteiger partial charge is 0.466 e. The zero-order valence-corrected chi connectivity index (χ0v) is 24.6. The van der Waals surface area contributed by atoms with Gasteiger partial charge in [0.1, 0.15) is 11.6 Å². The van der Waals surface area contributed by atoms with Crippen LogP contribution >= 0.6 is 27.5 Å². The first-order chi connectivity index (χ1) is 18.1. The first-order valence-electron chi connectivity index (χ1n) is 13.2. The maximum atomic E-state index is 14.7. The van der Waals surface area contributed by atoms with Gasteiger partial charge >= 0.3 is 5.97 Å². The van der Waals surface area contributed by atoms with Gasteiger partial charge in [0, 0.05) is 11.4 Å². The van der Waals surface area contributed by atoms with Crippen molar-refractivity contribution < 1.29 is 29.0 Å². The monoisotopic (exact) mass is 610 g/mol. The zero-order chi connectivity index (χ0) is 27.9. The summed E-state index contributed by atoms with van der Waals surface area (Å²) < 4.78 is 11.9. The van der Waals surface area contributed by atoms with Crippen LogP contribution in [0, 0.1) is 24.7 Å². The summed E-state index contributed by atoms with van der Waals surface area (Å²) in [7, 11) is 0. The number of rotatable bonds is 10. The number of benzene rings is 1. The Bertz CT molecular complexity index is 1100. The third-order valence-corrected chi connectivity index (χ3v) is 9.55. The molecule has 0 radical (unpaired) electrons. The van der Waals surface area contributed by atoms with Crippen LogP contribution < -0.4 is 4.90 Å². The number of esters is 1. The predicted octanol–water partition coefficient (Wildman–Crippen LogP) is 3.89. The average Bonchev–Trinajstić information content (AvgIpc) is 3.47. The summed E-state index contributed by atoms with van der Waals surface area (Å²) >= 11 is 10.3. The number of amides is 2. The zero-order valence-electron chi connectivity index (χ0n) is 22.2. The van der Waals surface area contributed by atoms with Crippen molar-refractivity contribution in [2.75, 3.05) is 24.7 Å². The first-order valence-corrected chi connectivity index (χ1v) is 14.5. The molecule has 38 heavy (non-hydrogen) atoms. The summed E-state index contributed by atoms with van der Waals surface area (Å²) in [6.45, 7) is 11.3. The highest BCUT2D eigenvalue weighted by molar-refractivity contribution is 9.09. The lowest BCUT2D eigenvalue weighted by molar-refractivity contribution is -0.155. The number of hydrogen-bond donors (Lipinski definition) is 1. The van der Waals surface area contributed by atoms with Crippen LogP contribution in [0.25, 0.3) is 0 Å². The summed E-state index contributed by atoms with van der Waals surface area (Å²) in [4.78, 5) is 44.9. The molecule has 8 atom stereocenters. The normalized spacial score (nSPS) is 31.2. The van der Waals surface area contributed by atoms with Crippen LogP contribution in [0.15, 0.2) is 30.9 Å². The number of anilines is 1. The minimum atomic E-state index is -1.26. The maximum Gasteiger partial charge on any atom is 0.312 e. The minimum Gasteiger partial charge on any atom is -0.466 e. The Morgan fingerprint density at radius 3 is 2.71 bits per heavy atom. The molecular weight excluding hydrogens is 576 g/mol.